The van der Waals surface area contributed by atoms with Gasteiger partial charge in [0, 0.05) is 10.6 Å². The van der Waals surface area contributed by atoms with Crippen LogP contribution in [0, 0.1) is 19.8 Å². The summed E-state index contributed by atoms with van der Waals surface area (Å²) in [6, 6.07) is 4.91. The van der Waals surface area contributed by atoms with Crippen LogP contribution in [0.2, 0.25) is 0 Å². The molecule has 0 saturated carbocycles. The molecule has 2 aromatic rings. The molecule has 0 fully saturated rings. The van der Waals surface area contributed by atoms with Crippen LogP contribution in [0.1, 0.15) is 44.6 Å². The van der Waals surface area contributed by atoms with Crippen molar-refractivity contribution >= 4 is 33.0 Å². The lowest BCUT2D eigenvalue weighted by Crippen LogP contribution is -2.16. The summed E-state index contributed by atoms with van der Waals surface area (Å²) in [6.07, 6.45) is 3.19. The number of hydrogen-bond donors (Lipinski definition) is 2. The molecular weight excluding hydrogens is 356 g/mol. The lowest BCUT2D eigenvalue weighted by molar-refractivity contribution is 0.103. The van der Waals surface area contributed by atoms with Crippen LogP contribution in [-0.2, 0) is 22.9 Å². The lowest BCUT2D eigenvalue weighted by atomic mass is 9.90. The fraction of sp³-hybridized carbons (Fsp3) is 0.389. The van der Waals surface area contributed by atoms with Crippen molar-refractivity contribution in [3.8, 4) is 0 Å². The third kappa shape index (κ3) is 3.78. The van der Waals surface area contributed by atoms with E-state index in [1.807, 2.05) is 13.0 Å². The van der Waals surface area contributed by atoms with E-state index in [9.17, 15) is 13.2 Å². The Hall–Kier alpha value is -1.70. The van der Waals surface area contributed by atoms with Crippen molar-refractivity contribution in [2.24, 2.45) is 11.1 Å². The van der Waals surface area contributed by atoms with Crippen molar-refractivity contribution in [1.29, 1.82) is 0 Å². The zero-order valence-corrected chi connectivity index (χ0v) is 16.2. The Bertz CT molecular complexity index is 945. The van der Waals surface area contributed by atoms with Crippen molar-refractivity contribution in [2.45, 2.75) is 44.9 Å². The normalized spacial score (nSPS) is 17.2. The van der Waals surface area contributed by atoms with Gasteiger partial charge >= 0.3 is 0 Å². The number of thiophene rings is 1. The van der Waals surface area contributed by atoms with Gasteiger partial charge in [0.1, 0.15) is 0 Å². The summed E-state index contributed by atoms with van der Waals surface area (Å²) >= 11 is 1.53. The van der Waals surface area contributed by atoms with Crippen LogP contribution in [0.25, 0.3) is 0 Å². The number of hydrogen-bond acceptors (Lipinski definition) is 4. The van der Waals surface area contributed by atoms with Crippen molar-refractivity contribution in [1.82, 2.24) is 0 Å². The SMILES string of the molecule is Cc1cc(S(N)(=O)=O)cc(NC(=O)c2cc3c(s2)CC[C@@H](C)C3)c1C. The zero-order valence-electron chi connectivity index (χ0n) is 14.5. The number of fused-ring (bicyclic) bond motifs is 1. The van der Waals surface area contributed by atoms with E-state index >= 15 is 0 Å². The summed E-state index contributed by atoms with van der Waals surface area (Å²) in [4.78, 5) is 14.6. The number of anilines is 1. The molecule has 0 saturated heterocycles. The molecule has 3 rings (SSSR count). The molecule has 0 radical (unpaired) electrons. The number of benzene rings is 1. The maximum Gasteiger partial charge on any atom is 0.265 e. The van der Waals surface area contributed by atoms with E-state index in [0.717, 1.165) is 30.4 Å². The Morgan fingerprint density at radius 1 is 1.28 bits per heavy atom. The predicted octanol–water partition coefficient (Wildman–Crippen LogP) is 3.39. The van der Waals surface area contributed by atoms with Gasteiger partial charge in [-0.1, -0.05) is 6.92 Å². The molecule has 1 aliphatic carbocycles. The molecule has 5 nitrogen and oxygen atoms in total. The second-order valence-corrected chi connectivity index (χ2v) is 9.52. The lowest BCUT2D eigenvalue weighted by Gasteiger charge is -2.16. The smallest absolute Gasteiger partial charge is 0.265 e. The third-order valence-corrected chi connectivity index (χ3v) is 6.90. The maximum atomic E-state index is 12.7. The van der Waals surface area contributed by atoms with E-state index in [1.54, 1.807) is 6.92 Å². The summed E-state index contributed by atoms with van der Waals surface area (Å²) in [6.45, 7) is 5.87. The van der Waals surface area contributed by atoms with Gasteiger partial charge in [0.15, 0.2) is 0 Å². The number of nitrogens with two attached hydrogens (primary N) is 1. The van der Waals surface area contributed by atoms with Gasteiger partial charge in [-0.15, -0.1) is 11.3 Å². The molecule has 0 unspecified atom stereocenters. The summed E-state index contributed by atoms with van der Waals surface area (Å²) in [5.41, 5.74) is 3.34. The number of sulfonamides is 1. The first-order valence-electron chi connectivity index (χ1n) is 8.22. The molecule has 1 atom stereocenters. The van der Waals surface area contributed by atoms with E-state index in [2.05, 4.69) is 12.2 Å². The molecular formula is C18H22N2O3S2. The molecule has 7 heteroatoms. The molecule has 1 aromatic heterocycles. The Morgan fingerprint density at radius 3 is 2.68 bits per heavy atom. The first-order chi connectivity index (χ1) is 11.6. The van der Waals surface area contributed by atoms with E-state index in [0.29, 0.717) is 16.5 Å². The third-order valence-electron chi connectivity index (χ3n) is 4.77. The Balaban J connectivity index is 1.90. The standard InChI is InChI=1S/C18H22N2O3S2/c1-10-4-5-16-13(6-10)8-17(24-16)18(21)20-15-9-14(25(19,22)23)7-11(2)12(15)3/h7-10H,4-6H2,1-3H3,(H,20,21)(H2,19,22,23)/t10-/m1/s1. The van der Waals surface area contributed by atoms with Gasteiger partial charge in [0.05, 0.1) is 9.77 Å². The van der Waals surface area contributed by atoms with E-state index in [1.165, 1.54) is 33.9 Å². The second-order valence-electron chi connectivity index (χ2n) is 6.82. The number of amides is 1. The highest BCUT2D eigenvalue weighted by molar-refractivity contribution is 7.89. The van der Waals surface area contributed by atoms with Crippen LogP contribution < -0.4 is 10.5 Å². The number of aryl methyl sites for hydroxylation is 2. The van der Waals surface area contributed by atoms with Crippen LogP contribution >= 0.6 is 11.3 Å². The van der Waals surface area contributed by atoms with Gasteiger partial charge in [0.25, 0.3) is 5.91 Å². The molecule has 1 aliphatic rings. The molecule has 1 amide bonds. The number of carbonyl (C=O) groups excluding carboxylic acids is 1. The highest BCUT2D eigenvalue weighted by Crippen LogP contribution is 2.33. The predicted molar refractivity (Wildman–Crippen MR) is 101 cm³/mol. The summed E-state index contributed by atoms with van der Waals surface area (Å²) in [5.74, 6) is 0.440. The second kappa shape index (κ2) is 6.55. The minimum absolute atomic E-state index is 0.00481. The highest BCUT2D eigenvalue weighted by Gasteiger charge is 2.21. The fourth-order valence-electron chi connectivity index (χ4n) is 3.12. The van der Waals surface area contributed by atoms with E-state index in [-0.39, 0.29) is 10.8 Å². The average Bonchev–Trinajstić information content (AvgIpc) is 2.93. The van der Waals surface area contributed by atoms with Gasteiger partial charge in [-0.3, -0.25) is 4.79 Å². The molecule has 1 aromatic carbocycles. The summed E-state index contributed by atoms with van der Waals surface area (Å²) in [7, 11) is -3.82. The molecule has 3 N–H and O–H groups in total. The number of carbonyl (C=O) groups is 1. The molecule has 0 aliphatic heterocycles. The van der Waals surface area contributed by atoms with Crippen LogP contribution in [0.3, 0.4) is 0 Å². The van der Waals surface area contributed by atoms with Crippen molar-refractivity contribution in [2.75, 3.05) is 5.32 Å². The monoisotopic (exact) mass is 378 g/mol. The number of rotatable bonds is 3. The van der Waals surface area contributed by atoms with E-state index < -0.39 is 10.0 Å². The van der Waals surface area contributed by atoms with Crippen LogP contribution in [0.4, 0.5) is 5.69 Å². The van der Waals surface area contributed by atoms with Gasteiger partial charge in [-0.05, 0) is 73.9 Å². The molecule has 134 valence electrons. The first kappa shape index (κ1) is 18.1. The summed E-state index contributed by atoms with van der Waals surface area (Å²) < 4.78 is 23.3. The zero-order chi connectivity index (χ0) is 18.4. The van der Waals surface area contributed by atoms with Gasteiger partial charge in [0.2, 0.25) is 10.0 Å². The molecule has 25 heavy (non-hydrogen) atoms. The topological polar surface area (TPSA) is 89.3 Å². The number of primary sulfonamides is 1. The van der Waals surface area contributed by atoms with Crippen LogP contribution in [0.15, 0.2) is 23.1 Å². The average molecular weight is 379 g/mol. The first-order valence-corrected chi connectivity index (χ1v) is 10.6. The van der Waals surface area contributed by atoms with Crippen molar-refractivity contribution in [3.63, 3.8) is 0 Å². The fourth-order valence-corrected chi connectivity index (χ4v) is 4.85. The Kier molecular flexibility index (Phi) is 4.74. The quantitative estimate of drug-likeness (QED) is 0.858. The molecule has 0 bridgehead atoms. The largest absolute Gasteiger partial charge is 0.321 e. The minimum Gasteiger partial charge on any atom is -0.321 e. The van der Waals surface area contributed by atoms with Gasteiger partial charge < -0.3 is 5.32 Å². The molecule has 1 heterocycles. The maximum absolute atomic E-state index is 12.7. The summed E-state index contributed by atoms with van der Waals surface area (Å²) in [5, 5.41) is 8.08. The molecule has 0 spiro atoms. The van der Waals surface area contributed by atoms with Crippen molar-refractivity contribution < 1.29 is 13.2 Å². The van der Waals surface area contributed by atoms with Gasteiger partial charge in [-0.2, -0.15) is 0 Å². The van der Waals surface area contributed by atoms with Crippen LogP contribution in [0.5, 0.6) is 0 Å². The Labute approximate surface area is 152 Å². The number of nitrogens with one attached hydrogen (secondary N) is 1. The Morgan fingerprint density at radius 2 is 2.00 bits per heavy atom. The van der Waals surface area contributed by atoms with Crippen molar-refractivity contribution in [3.05, 3.63) is 44.6 Å². The highest BCUT2D eigenvalue weighted by atomic mass is 32.2. The van der Waals surface area contributed by atoms with Gasteiger partial charge in [-0.25, -0.2) is 13.6 Å². The van der Waals surface area contributed by atoms with Crippen LogP contribution in [-0.4, -0.2) is 14.3 Å². The van der Waals surface area contributed by atoms with E-state index in [4.69, 9.17) is 5.14 Å². The minimum atomic E-state index is -3.82.